The molecule has 0 amide bonds. The van der Waals surface area contributed by atoms with Gasteiger partial charge >= 0.3 is 10.7 Å². The summed E-state index contributed by atoms with van der Waals surface area (Å²) in [6.45, 7) is 0. The standard InChI is InChI=1S/C24H18N2O2S/c27-22-21-20(17-11-5-2-6-12-17)18-13-7-8-14-19(18)28-23(21)26-24(25-22)29-15-16-9-3-1-4-10-16/h1-14,20H,15H2,(H,25,26,27)/p+1/t20-/m1/s1. The van der Waals surface area contributed by atoms with E-state index in [1.165, 1.54) is 5.56 Å². The second-order valence-corrected chi connectivity index (χ2v) is 7.89. The average molecular weight is 399 g/mol. The molecule has 1 aliphatic heterocycles. The summed E-state index contributed by atoms with van der Waals surface area (Å²) in [5, 5.41) is 0.684. The quantitative estimate of drug-likeness (QED) is 0.350. The number of hydrogen-bond acceptors (Lipinski definition) is 3. The topological polar surface area (TPSA) is 56.2 Å². The molecule has 4 aromatic rings. The number of benzene rings is 3. The predicted octanol–water partition coefficient (Wildman–Crippen LogP) is 4.77. The highest BCUT2D eigenvalue weighted by Gasteiger charge is 2.35. The maximum absolute atomic E-state index is 13.1. The van der Waals surface area contributed by atoms with Gasteiger partial charge in [-0.05, 0) is 29.0 Å². The molecule has 142 valence electrons. The van der Waals surface area contributed by atoms with Gasteiger partial charge in [0.05, 0.1) is 5.92 Å². The van der Waals surface area contributed by atoms with Crippen LogP contribution in [0.15, 0.2) is 94.9 Å². The molecule has 2 heterocycles. The zero-order chi connectivity index (χ0) is 19.6. The number of nitrogens with one attached hydrogen (secondary N) is 2. The Kier molecular flexibility index (Phi) is 4.66. The molecule has 4 nitrogen and oxygen atoms in total. The molecule has 29 heavy (non-hydrogen) atoms. The van der Waals surface area contributed by atoms with Gasteiger partial charge in [0, 0.05) is 11.3 Å². The van der Waals surface area contributed by atoms with Crippen molar-refractivity contribution in [3.8, 4) is 11.6 Å². The fourth-order valence-corrected chi connectivity index (χ4v) is 4.52. The summed E-state index contributed by atoms with van der Waals surface area (Å²) in [6.07, 6.45) is 0. The summed E-state index contributed by atoms with van der Waals surface area (Å²) in [5.74, 6) is 1.86. The van der Waals surface area contributed by atoms with E-state index in [4.69, 9.17) is 4.74 Å². The first-order valence-electron chi connectivity index (χ1n) is 9.47. The molecule has 0 saturated carbocycles. The van der Waals surface area contributed by atoms with Crippen molar-refractivity contribution < 1.29 is 9.72 Å². The second kappa shape index (κ2) is 7.60. The molecule has 0 radical (unpaired) electrons. The zero-order valence-corrected chi connectivity index (χ0v) is 16.4. The Balaban J connectivity index is 1.57. The molecule has 1 aromatic heterocycles. The van der Waals surface area contributed by atoms with Crippen LogP contribution in [0.4, 0.5) is 0 Å². The number of thioether (sulfide) groups is 1. The van der Waals surface area contributed by atoms with Crippen LogP contribution in [0.3, 0.4) is 0 Å². The van der Waals surface area contributed by atoms with Crippen molar-refractivity contribution in [2.75, 3.05) is 0 Å². The predicted molar refractivity (Wildman–Crippen MR) is 114 cm³/mol. The summed E-state index contributed by atoms with van der Waals surface area (Å²) in [4.78, 5) is 19.4. The summed E-state index contributed by atoms with van der Waals surface area (Å²) in [5.41, 5.74) is 3.73. The SMILES string of the molecule is O=c1[nH]c(SCc2ccccc2)[nH+]c2c1[C@H](c1ccccc1)c1ccccc1O2. The Labute approximate surface area is 172 Å². The van der Waals surface area contributed by atoms with E-state index in [0.29, 0.717) is 16.6 Å². The molecule has 5 heteroatoms. The lowest BCUT2D eigenvalue weighted by Crippen LogP contribution is -2.30. The fraction of sp³-hybridized carbons (Fsp3) is 0.0833. The van der Waals surface area contributed by atoms with E-state index in [1.807, 2.05) is 72.8 Å². The van der Waals surface area contributed by atoms with Crippen LogP contribution < -0.4 is 15.3 Å². The number of rotatable bonds is 4. The largest absolute Gasteiger partial charge is 0.422 e. The molecule has 0 unspecified atom stereocenters. The van der Waals surface area contributed by atoms with Gasteiger partial charge in [-0.25, -0.2) is 14.8 Å². The van der Waals surface area contributed by atoms with Crippen molar-refractivity contribution in [3.05, 3.63) is 118 Å². The van der Waals surface area contributed by atoms with Crippen LogP contribution in [0.5, 0.6) is 11.6 Å². The third-order valence-corrected chi connectivity index (χ3v) is 6.00. The first-order chi connectivity index (χ1) is 14.3. The minimum atomic E-state index is -0.177. The van der Waals surface area contributed by atoms with Crippen LogP contribution in [0.25, 0.3) is 0 Å². The number of ether oxygens (including phenoxy) is 1. The summed E-state index contributed by atoms with van der Waals surface area (Å²) >= 11 is 1.55. The molecular weight excluding hydrogens is 380 g/mol. The molecule has 5 rings (SSSR count). The molecule has 0 fully saturated rings. The number of aromatic amines is 2. The van der Waals surface area contributed by atoms with Crippen molar-refractivity contribution in [2.45, 2.75) is 16.8 Å². The van der Waals surface area contributed by atoms with Crippen LogP contribution in [0.1, 0.15) is 28.2 Å². The lowest BCUT2D eigenvalue weighted by molar-refractivity contribution is -0.445. The van der Waals surface area contributed by atoms with Gasteiger partial charge < -0.3 is 4.74 Å². The van der Waals surface area contributed by atoms with Crippen molar-refractivity contribution in [1.82, 2.24) is 4.98 Å². The van der Waals surface area contributed by atoms with Gasteiger partial charge in [0.2, 0.25) is 0 Å². The molecule has 2 N–H and O–H groups in total. The molecule has 0 spiro atoms. The highest BCUT2D eigenvalue weighted by Crippen LogP contribution is 2.43. The first kappa shape index (κ1) is 17.8. The number of para-hydroxylation sites is 1. The normalized spacial score (nSPS) is 14.6. The highest BCUT2D eigenvalue weighted by molar-refractivity contribution is 7.98. The van der Waals surface area contributed by atoms with Gasteiger partial charge in [0.15, 0.2) is 0 Å². The van der Waals surface area contributed by atoms with Crippen molar-refractivity contribution in [3.63, 3.8) is 0 Å². The highest BCUT2D eigenvalue weighted by atomic mass is 32.2. The van der Waals surface area contributed by atoms with Gasteiger partial charge in [0.1, 0.15) is 11.3 Å². The Bertz CT molecular complexity index is 1210. The van der Waals surface area contributed by atoms with E-state index in [1.54, 1.807) is 11.8 Å². The fourth-order valence-electron chi connectivity index (χ4n) is 3.69. The lowest BCUT2D eigenvalue weighted by Gasteiger charge is -2.25. The third kappa shape index (κ3) is 3.45. The molecule has 0 bridgehead atoms. The maximum Gasteiger partial charge on any atom is 0.344 e. The van der Waals surface area contributed by atoms with Crippen LogP contribution in [0, 0.1) is 0 Å². The molecular formula is C24H19N2O2S+. The van der Waals surface area contributed by atoms with Crippen LogP contribution in [-0.2, 0) is 5.75 Å². The van der Waals surface area contributed by atoms with E-state index in [2.05, 4.69) is 22.1 Å². The van der Waals surface area contributed by atoms with Gasteiger partial charge in [-0.15, -0.1) is 0 Å². The van der Waals surface area contributed by atoms with Crippen molar-refractivity contribution >= 4 is 11.8 Å². The molecule has 3 aromatic carbocycles. The van der Waals surface area contributed by atoms with Gasteiger partial charge in [-0.2, -0.15) is 0 Å². The second-order valence-electron chi connectivity index (χ2n) is 6.91. The monoisotopic (exact) mass is 399 g/mol. The van der Waals surface area contributed by atoms with Crippen molar-refractivity contribution in [1.29, 1.82) is 0 Å². The van der Waals surface area contributed by atoms with Gasteiger partial charge in [-0.1, -0.05) is 78.9 Å². The van der Waals surface area contributed by atoms with Gasteiger partial charge in [0.25, 0.3) is 5.88 Å². The Morgan fingerprint density at radius 3 is 2.38 bits per heavy atom. The third-order valence-electron chi connectivity index (χ3n) is 5.03. The van der Waals surface area contributed by atoms with Crippen LogP contribution >= 0.6 is 11.8 Å². The molecule has 1 atom stereocenters. The minimum Gasteiger partial charge on any atom is -0.422 e. The molecule has 0 aliphatic carbocycles. The summed E-state index contributed by atoms with van der Waals surface area (Å²) < 4.78 is 6.11. The number of fused-ring (bicyclic) bond motifs is 2. The average Bonchev–Trinajstić information content (AvgIpc) is 2.77. The molecule has 0 saturated heterocycles. The van der Waals surface area contributed by atoms with E-state index in [9.17, 15) is 4.79 Å². The zero-order valence-electron chi connectivity index (χ0n) is 15.6. The minimum absolute atomic E-state index is 0.127. The number of aromatic nitrogens is 2. The van der Waals surface area contributed by atoms with Gasteiger partial charge in [-0.3, -0.25) is 0 Å². The summed E-state index contributed by atoms with van der Waals surface area (Å²) in [7, 11) is 0. The van der Waals surface area contributed by atoms with E-state index < -0.39 is 0 Å². The van der Waals surface area contributed by atoms with E-state index >= 15 is 0 Å². The first-order valence-corrected chi connectivity index (χ1v) is 10.5. The Morgan fingerprint density at radius 2 is 1.59 bits per heavy atom. The molecule has 1 aliphatic rings. The Hall–Kier alpha value is -3.31. The lowest BCUT2D eigenvalue weighted by atomic mass is 9.84. The number of hydrogen-bond donors (Lipinski definition) is 1. The van der Waals surface area contributed by atoms with Crippen LogP contribution in [0.2, 0.25) is 0 Å². The Morgan fingerprint density at radius 1 is 0.897 bits per heavy atom. The van der Waals surface area contributed by atoms with Crippen LogP contribution in [-0.4, -0.2) is 4.98 Å². The van der Waals surface area contributed by atoms with E-state index in [0.717, 1.165) is 22.6 Å². The smallest absolute Gasteiger partial charge is 0.344 e. The maximum atomic E-state index is 13.1. The number of H-pyrrole nitrogens is 2. The summed E-state index contributed by atoms with van der Waals surface area (Å²) in [6, 6.07) is 28.1. The van der Waals surface area contributed by atoms with E-state index in [-0.39, 0.29) is 11.5 Å². The van der Waals surface area contributed by atoms with Crippen molar-refractivity contribution in [2.24, 2.45) is 0 Å².